The molecule has 0 aliphatic carbocycles. The molecule has 1 atom stereocenters. The fourth-order valence-corrected chi connectivity index (χ4v) is 3.56. The molecule has 2 aromatic carbocycles. The Labute approximate surface area is 196 Å². The van der Waals surface area contributed by atoms with Crippen LogP contribution < -0.4 is 21.9 Å². The van der Waals surface area contributed by atoms with Crippen molar-refractivity contribution < 1.29 is 9.18 Å². The third-order valence-electron chi connectivity index (χ3n) is 5.31. The molecule has 0 saturated carbocycles. The molecular weight excluding hydrogens is 435 g/mol. The minimum atomic E-state index is -0.906. The molecule has 0 aliphatic rings. The SMILES string of the molecule is NCCCC(NC(=O)c1cnc(NNCc2ccccc2)nc1CF)c1nc2ccccc2[nH]1. The van der Waals surface area contributed by atoms with Crippen molar-refractivity contribution in [2.24, 2.45) is 5.73 Å². The number of imidazole rings is 1. The average Bonchev–Trinajstić information content (AvgIpc) is 3.31. The van der Waals surface area contributed by atoms with E-state index in [0.717, 1.165) is 16.6 Å². The summed E-state index contributed by atoms with van der Waals surface area (Å²) in [5.41, 5.74) is 14.3. The summed E-state index contributed by atoms with van der Waals surface area (Å²) in [6.45, 7) is 0.0935. The van der Waals surface area contributed by atoms with E-state index < -0.39 is 18.6 Å². The summed E-state index contributed by atoms with van der Waals surface area (Å²) in [5, 5.41) is 2.93. The van der Waals surface area contributed by atoms with E-state index in [9.17, 15) is 9.18 Å². The van der Waals surface area contributed by atoms with Crippen molar-refractivity contribution in [2.75, 3.05) is 12.0 Å². The summed E-state index contributed by atoms with van der Waals surface area (Å²) < 4.78 is 13.8. The van der Waals surface area contributed by atoms with Crippen LogP contribution in [0.25, 0.3) is 11.0 Å². The Morgan fingerprint density at radius 3 is 2.65 bits per heavy atom. The minimum Gasteiger partial charge on any atom is -0.342 e. The molecule has 0 saturated heterocycles. The number of hydrazine groups is 1. The Hall–Kier alpha value is -3.89. The van der Waals surface area contributed by atoms with Crippen molar-refractivity contribution in [1.82, 2.24) is 30.7 Å². The van der Waals surface area contributed by atoms with Gasteiger partial charge in [-0.05, 0) is 37.1 Å². The van der Waals surface area contributed by atoms with Gasteiger partial charge in [-0.2, -0.15) is 0 Å². The Morgan fingerprint density at radius 1 is 1.09 bits per heavy atom. The second-order valence-corrected chi connectivity index (χ2v) is 7.75. The number of nitrogens with one attached hydrogen (secondary N) is 4. The van der Waals surface area contributed by atoms with Gasteiger partial charge in [0.2, 0.25) is 5.95 Å². The maximum Gasteiger partial charge on any atom is 0.255 e. The summed E-state index contributed by atoms with van der Waals surface area (Å²) in [6.07, 6.45) is 2.59. The minimum absolute atomic E-state index is 0.00121. The van der Waals surface area contributed by atoms with Gasteiger partial charge in [0.25, 0.3) is 5.91 Å². The number of hydrogen-bond donors (Lipinski definition) is 5. The smallest absolute Gasteiger partial charge is 0.255 e. The fourth-order valence-electron chi connectivity index (χ4n) is 3.56. The van der Waals surface area contributed by atoms with Crippen LogP contribution in [-0.2, 0) is 13.2 Å². The van der Waals surface area contributed by atoms with Crippen molar-refractivity contribution in [1.29, 1.82) is 0 Å². The summed E-state index contributed by atoms with van der Waals surface area (Å²) in [6, 6.07) is 17.0. The zero-order chi connectivity index (χ0) is 23.8. The number of hydrogen-bond acceptors (Lipinski definition) is 7. The topological polar surface area (TPSA) is 134 Å². The van der Waals surface area contributed by atoms with Crippen molar-refractivity contribution in [3.63, 3.8) is 0 Å². The fraction of sp³-hybridized carbons (Fsp3) is 0.250. The van der Waals surface area contributed by atoms with E-state index in [1.165, 1.54) is 6.20 Å². The van der Waals surface area contributed by atoms with Crippen molar-refractivity contribution in [2.45, 2.75) is 32.1 Å². The number of rotatable bonds is 11. The molecule has 0 fully saturated rings. The molecule has 4 aromatic rings. The number of amides is 1. The predicted octanol–water partition coefficient (Wildman–Crippen LogP) is 3.15. The number of benzene rings is 2. The van der Waals surface area contributed by atoms with E-state index in [1.807, 2.05) is 54.6 Å². The summed E-state index contributed by atoms with van der Waals surface area (Å²) >= 11 is 0. The van der Waals surface area contributed by atoms with Gasteiger partial charge in [-0.25, -0.2) is 24.8 Å². The van der Waals surface area contributed by atoms with Gasteiger partial charge in [-0.3, -0.25) is 10.2 Å². The molecular formula is C24H27FN8O. The number of fused-ring (bicyclic) bond motifs is 1. The van der Waals surface area contributed by atoms with Gasteiger partial charge < -0.3 is 16.0 Å². The van der Waals surface area contributed by atoms with Crippen LogP contribution in [0.15, 0.2) is 60.8 Å². The Bertz CT molecular complexity index is 1200. The van der Waals surface area contributed by atoms with Gasteiger partial charge in [0.1, 0.15) is 12.5 Å². The number of aromatic amines is 1. The second kappa shape index (κ2) is 11.3. The lowest BCUT2D eigenvalue weighted by Crippen LogP contribution is -2.31. The van der Waals surface area contributed by atoms with Crippen molar-refractivity contribution in [3.05, 3.63) is 83.4 Å². The number of alkyl halides is 1. The first-order chi connectivity index (χ1) is 16.7. The van der Waals surface area contributed by atoms with E-state index in [-0.39, 0.29) is 17.2 Å². The first kappa shape index (κ1) is 23.3. The number of carbonyl (C=O) groups excluding carboxylic acids is 1. The zero-order valence-electron chi connectivity index (χ0n) is 18.6. The van der Waals surface area contributed by atoms with Crippen LogP contribution in [-0.4, -0.2) is 32.4 Å². The van der Waals surface area contributed by atoms with Gasteiger partial charge in [0.05, 0.1) is 28.3 Å². The van der Waals surface area contributed by atoms with Crippen LogP contribution in [0.4, 0.5) is 10.3 Å². The molecule has 0 bridgehead atoms. The van der Waals surface area contributed by atoms with Crippen LogP contribution in [0.3, 0.4) is 0 Å². The maximum atomic E-state index is 13.8. The van der Waals surface area contributed by atoms with E-state index in [2.05, 4.69) is 36.1 Å². The predicted molar refractivity (Wildman–Crippen MR) is 128 cm³/mol. The average molecular weight is 463 g/mol. The quantitative estimate of drug-likeness (QED) is 0.216. The van der Waals surface area contributed by atoms with E-state index in [1.54, 1.807) is 0 Å². The van der Waals surface area contributed by atoms with E-state index in [4.69, 9.17) is 5.73 Å². The van der Waals surface area contributed by atoms with Gasteiger partial charge in [0.15, 0.2) is 0 Å². The monoisotopic (exact) mass is 462 g/mol. The lowest BCUT2D eigenvalue weighted by atomic mass is 10.1. The Balaban J connectivity index is 1.46. The number of nitrogens with two attached hydrogens (primary N) is 1. The van der Waals surface area contributed by atoms with Gasteiger partial charge in [-0.15, -0.1) is 0 Å². The number of halogens is 1. The molecule has 2 aromatic heterocycles. The van der Waals surface area contributed by atoms with Crippen LogP contribution >= 0.6 is 0 Å². The molecule has 1 unspecified atom stereocenters. The largest absolute Gasteiger partial charge is 0.342 e. The molecule has 4 rings (SSSR count). The van der Waals surface area contributed by atoms with Gasteiger partial charge >= 0.3 is 0 Å². The summed E-state index contributed by atoms with van der Waals surface area (Å²) in [7, 11) is 0. The number of anilines is 1. The molecule has 0 spiro atoms. The lowest BCUT2D eigenvalue weighted by molar-refractivity contribution is 0.0930. The van der Waals surface area contributed by atoms with Gasteiger partial charge in [-0.1, -0.05) is 42.5 Å². The highest BCUT2D eigenvalue weighted by molar-refractivity contribution is 5.95. The molecule has 10 heteroatoms. The Kier molecular flexibility index (Phi) is 7.74. The second-order valence-electron chi connectivity index (χ2n) is 7.75. The first-order valence-electron chi connectivity index (χ1n) is 11.1. The normalized spacial score (nSPS) is 11.9. The van der Waals surface area contributed by atoms with Crippen LogP contribution in [0.1, 0.15) is 46.3 Å². The zero-order valence-corrected chi connectivity index (χ0v) is 18.6. The van der Waals surface area contributed by atoms with E-state index >= 15 is 0 Å². The summed E-state index contributed by atoms with van der Waals surface area (Å²) in [4.78, 5) is 29.2. The Morgan fingerprint density at radius 2 is 1.88 bits per heavy atom. The molecule has 0 radical (unpaired) electrons. The third kappa shape index (κ3) is 5.72. The van der Waals surface area contributed by atoms with Crippen LogP contribution in [0, 0.1) is 0 Å². The highest BCUT2D eigenvalue weighted by Crippen LogP contribution is 2.21. The number of carbonyl (C=O) groups is 1. The van der Waals surface area contributed by atoms with Gasteiger partial charge in [0, 0.05) is 12.7 Å². The molecule has 34 heavy (non-hydrogen) atoms. The number of para-hydroxylation sites is 2. The number of aromatic nitrogens is 4. The molecule has 6 N–H and O–H groups in total. The molecule has 9 nitrogen and oxygen atoms in total. The highest BCUT2D eigenvalue weighted by atomic mass is 19.1. The standard InChI is InChI=1S/C24H27FN8O/c25-13-21-17(15-27-24(32-21)33-28-14-16-7-2-1-3-8-16)23(34)31-20(11-6-12-26)22-29-18-9-4-5-10-19(18)30-22/h1-5,7-10,15,20,28H,6,11-14,26H2,(H,29,30)(H,31,34)(H,27,32,33). The molecule has 0 aliphatic heterocycles. The maximum absolute atomic E-state index is 13.8. The summed E-state index contributed by atoms with van der Waals surface area (Å²) in [5.74, 6) is 0.324. The first-order valence-corrected chi connectivity index (χ1v) is 11.1. The van der Waals surface area contributed by atoms with Crippen LogP contribution in [0.5, 0.6) is 0 Å². The van der Waals surface area contributed by atoms with E-state index in [0.29, 0.717) is 31.8 Å². The third-order valence-corrected chi connectivity index (χ3v) is 5.31. The van der Waals surface area contributed by atoms with Crippen molar-refractivity contribution in [3.8, 4) is 0 Å². The molecule has 2 heterocycles. The molecule has 176 valence electrons. The highest BCUT2D eigenvalue weighted by Gasteiger charge is 2.22. The number of nitrogens with zero attached hydrogens (tertiary/aromatic N) is 3. The number of H-pyrrole nitrogens is 1. The molecule has 1 amide bonds. The lowest BCUT2D eigenvalue weighted by Gasteiger charge is -2.17. The van der Waals surface area contributed by atoms with Crippen LogP contribution in [0.2, 0.25) is 0 Å². The van der Waals surface area contributed by atoms with Crippen molar-refractivity contribution >= 4 is 22.9 Å².